The predicted molar refractivity (Wildman–Crippen MR) is 67.8 cm³/mol. The molecule has 1 aliphatic rings. The molecule has 1 N–H and O–H groups in total. The topological polar surface area (TPSA) is 28.2 Å². The molecule has 0 aromatic carbocycles. The van der Waals surface area contributed by atoms with Crippen LogP contribution in [0.2, 0.25) is 0 Å². The Kier molecular flexibility index (Phi) is 3.44. The minimum atomic E-state index is 0.766. The summed E-state index contributed by atoms with van der Waals surface area (Å²) in [4.78, 5) is 6.90. The minimum Gasteiger partial charge on any atom is -0.368 e. The Balaban J connectivity index is 2.30. The molecule has 0 atom stereocenters. The quantitative estimate of drug-likeness (QED) is 0.822. The first-order valence-corrected chi connectivity index (χ1v) is 6.13. The Morgan fingerprint density at radius 1 is 1.50 bits per heavy atom. The van der Waals surface area contributed by atoms with E-state index in [-0.39, 0.29) is 0 Å². The maximum Gasteiger partial charge on any atom is 0.0447 e. The molecule has 0 aliphatic heterocycles. The molecule has 1 saturated carbocycles. The van der Waals surface area contributed by atoms with E-state index >= 15 is 0 Å². The number of nitrogens with zero attached hydrogens (tertiary/aromatic N) is 2. The SMILES string of the molecule is CCN(c1cc(C)ncc1CNC)C1CC1. The van der Waals surface area contributed by atoms with Crippen LogP contribution in [-0.2, 0) is 6.54 Å². The second-order valence-electron chi connectivity index (χ2n) is 4.50. The van der Waals surface area contributed by atoms with Gasteiger partial charge in [0.2, 0.25) is 0 Å². The Bertz CT molecular complexity index is 358. The number of aromatic nitrogens is 1. The van der Waals surface area contributed by atoms with Gasteiger partial charge in [-0.2, -0.15) is 0 Å². The van der Waals surface area contributed by atoms with Crippen LogP contribution in [0.3, 0.4) is 0 Å². The summed E-state index contributed by atoms with van der Waals surface area (Å²) in [6.45, 7) is 6.28. The van der Waals surface area contributed by atoms with Gasteiger partial charge in [0.05, 0.1) is 0 Å². The molecule has 2 rings (SSSR count). The van der Waals surface area contributed by atoms with Crippen LogP contribution >= 0.6 is 0 Å². The van der Waals surface area contributed by atoms with Crippen molar-refractivity contribution in [1.82, 2.24) is 10.3 Å². The summed E-state index contributed by atoms with van der Waals surface area (Å²) in [6.07, 6.45) is 4.69. The largest absolute Gasteiger partial charge is 0.368 e. The van der Waals surface area contributed by atoms with Crippen molar-refractivity contribution in [1.29, 1.82) is 0 Å². The Hall–Kier alpha value is -1.09. The summed E-state index contributed by atoms with van der Waals surface area (Å²) >= 11 is 0. The first-order valence-electron chi connectivity index (χ1n) is 6.13. The summed E-state index contributed by atoms with van der Waals surface area (Å²) in [5.41, 5.74) is 3.78. The molecular weight excluding hydrogens is 198 g/mol. The van der Waals surface area contributed by atoms with Crippen molar-refractivity contribution in [2.24, 2.45) is 0 Å². The lowest BCUT2D eigenvalue weighted by atomic mass is 10.2. The highest BCUT2D eigenvalue weighted by molar-refractivity contribution is 5.55. The lowest BCUT2D eigenvalue weighted by molar-refractivity contribution is 0.776. The van der Waals surface area contributed by atoms with Crippen molar-refractivity contribution in [2.75, 3.05) is 18.5 Å². The second kappa shape index (κ2) is 4.83. The number of hydrogen-bond donors (Lipinski definition) is 1. The average molecular weight is 219 g/mol. The van der Waals surface area contributed by atoms with Crippen molar-refractivity contribution in [3.63, 3.8) is 0 Å². The molecule has 16 heavy (non-hydrogen) atoms. The molecule has 0 bridgehead atoms. The molecular formula is C13H21N3. The van der Waals surface area contributed by atoms with Crippen LogP contribution in [0.5, 0.6) is 0 Å². The molecule has 0 saturated heterocycles. The van der Waals surface area contributed by atoms with Gasteiger partial charge in [-0.05, 0) is 39.8 Å². The Morgan fingerprint density at radius 3 is 2.81 bits per heavy atom. The van der Waals surface area contributed by atoms with E-state index in [1.54, 1.807) is 0 Å². The zero-order valence-corrected chi connectivity index (χ0v) is 10.5. The molecule has 3 heteroatoms. The number of pyridine rings is 1. The van der Waals surface area contributed by atoms with Crippen LogP contribution in [0.4, 0.5) is 5.69 Å². The molecule has 3 nitrogen and oxygen atoms in total. The molecule has 0 amide bonds. The van der Waals surface area contributed by atoms with Crippen molar-refractivity contribution in [3.8, 4) is 0 Å². The number of hydrogen-bond acceptors (Lipinski definition) is 3. The standard InChI is InChI=1S/C13H21N3/c1-4-16(12-5-6-12)13-7-10(2)15-9-11(13)8-14-3/h7,9,12,14H,4-6,8H2,1-3H3. The molecule has 1 aromatic rings. The van der Waals surface area contributed by atoms with E-state index in [4.69, 9.17) is 0 Å². The van der Waals surface area contributed by atoms with Gasteiger partial charge in [-0.15, -0.1) is 0 Å². The second-order valence-corrected chi connectivity index (χ2v) is 4.50. The van der Waals surface area contributed by atoms with Gasteiger partial charge in [-0.3, -0.25) is 4.98 Å². The first-order chi connectivity index (χ1) is 7.76. The van der Waals surface area contributed by atoms with Crippen LogP contribution in [0.25, 0.3) is 0 Å². The first kappa shape index (κ1) is 11.4. The van der Waals surface area contributed by atoms with Gasteiger partial charge < -0.3 is 10.2 Å². The van der Waals surface area contributed by atoms with Crippen molar-refractivity contribution < 1.29 is 0 Å². The molecule has 0 spiro atoms. The van der Waals surface area contributed by atoms with Gasteiger partial charge in [0.15, 0.2) is 0 Å². The number of aryl methyl sites for hydroxylation is 1. The van der Waals surface area contributed by atoms with Gasteiger partial charge in [-0.1, -0.05) is 0 Å². The summed E-state index contributed by atoms with van der Waals surface area (Å²) in [5, 5.41) is 3.22. The number of rotatable bonds is 5. The van der Waals surface area contributed by atoms with Crippen molar-refractivity contribution in [3.05, 3.63) is 23.5 Å². The highest BCUT2D eigenvalue weighted by atomic mass is 15.2. The smallest absolute Gasteiger partial charge is 0.0447 e. The van der Waals surface area contributed by atoms with Crippen LogP contribution < -0.4 is 10.2 Å². The maximum atomic E-state index is 4.39. The van der Waals surface area contributed by atoms with Crippen LogP contribution in [0.1, 0.15) is 31.0 Å². The number of nitrogens with one attached hydrogen (secondary N) is 1. The summed E-state index contributed by atoms with van der Waals surface area (Å²) in [6, 6.07) is 2.98. The fourth-order valence-electron chi connectivity index (χ4n) is 2.18. The van der Waals surface area contributed by atoms with Gasteiger partial charge in [0, 0.05) is 42.3 Å². The lowest BCUT2D eigenvalue weighted by Crippen LogP contribution is -2.27. The highest BCUT2D eigenvalue weighted by Crippen LogP contribution is 2.33. The third kappa shape index (κ3) is 2.35. The number of anilines is 1. The zero-order chi connectivity index (χ0) is 11.5. The zero-order valence-electron chi connectivity index (χ0n) is 10.5. The van der Waals surface area contributed by atoms with Crippen LogP contribution in [0, 0.1) is 6.92 Å². The van der Waals surface area contributed by atoms with Gasteiger partial charge in [0.25, 0.3) is 0 Å². The molecule has 1 fully saturated rings. The van der Waals surface area contributed by atoms with E-state index in [9.17, 15) is 0 Å². The van der Waals surface area contributed by atoms with E-state index in [0.717, 1.165) is 24.8 Å². The van der Waals surface area contributed by atoms with Crippen molar-refractivity contribution >= 4 is 5.69 Å². The molecule has 1 aromatic heterocycles. The Labute approximate surface area is 97.9 Å². The van der Waals surface area contributed by atoms with Gasteiger partial charge >= 0.3 is 0 Å². The fraction of sp³-hybridized carbons (Fsp3) is 0.615. The Morgan fingerprint density at radius 2 is 2.25 bits per heavy atom. The lowest BCUT2D eigenvalue weighted by Gasteiger charge is -2.25. The van der Waals surface area contributed by atoms with Crippen LogP contribution in [0.15, 0.2) is 12.3 Å². The van der Waals surface area contributed by atoms with Crippen LogP contribution in [-0.4, -0.2) is 24.6 Å². The molecule has 1 heterocycles. The predicted octanol–water partition coefficient (Wildman–Crippen LogP) is 2.10. The third-order valence-electron chi connectivity index (χ3n) is 3.10. The summed E-state index contributed by atoms with van der Waals surface area (Å²) in [7, 11) is 1.98. The van der Waals surface area contributed by atoms with E-state index in [0.29, 0.717) is 0 Å². The van der Waals surface area contributed by atoms with E-state index in [1.807, 2.05) is 13.2 Å². The molecule has 0 radical (unpaired) electrons. The molecule has 88 valence electrons. The van der Waals surface area contributed by atoms with Crippen molar-refractivity contribution in [2.45, 2.75) is 39.3 Å². The van der Waals surface area contributed by atoms with E-state index in [2.05, 4.69) is 35.1 Å². The van der Waals surface area contributed by atoms with Gasteiger partial charge in [-0.25, -0.2) is 0 Å². The third-order valence-corrected chi connectivity index (χ3v) is 3.10. The van der Waals surface area contributed by atoms with E-state index < -0.39 is 0 Å². The van der Waals surface area contributed by atoms with E-state index in [1.165, 1.54) is 24.1 Å². The molecule has 1 aliphatic carbocycles. The normalized spacial score (nSPS) is 15.2. The monoisotopic (exact) mass is 219 g/mol. The summed E-state index contributed by atoms with van der Waals surface area (Å²) < 4.78 is 0. The minimum absolute atomic E-state index is 0.766. The summed E-state index contributed by atoms with van der Waals surface area (Å²) in [5.74, 6) is 0. The fourth-order valence-corrected chi connectivity index (χ4v) is 2.18. The molecule has 0 unspecified atom stereocenters. The highest BCUT2D eigenvalue weighted by Gasteiger charge is 2.29. The maximum absolute atomic E-state index is 4.39. The van der Waals surface area contributed by atoms with Gasteiger partial charge in [0.1, 0.15) is 0 Å². The average Bonchev–Trinajstić information content (AvgIpc) is 3.07.